The predicted octanol–water partition coefficient (Wildman–Crippen LogP) is 3.07. The summed E-state index contributed by atoms with van der Waals surface area (Å²) in [5, 5.41) is 9.52. The zero-order valence-corrected chi connectivity index (χ0v) is 20.0. The van der Waals surface area contributed by atoms with Crippen LogP contribution in [0, 0.1) is 0 Å². The summed E-state index contributed by atoms with van der Waals surface area (Å²) in [5.41, 5.74) is 1.93. The fourth-order valence-corrected chi connectivity index (χ4v) is 4.72. The fraction of sp³-hybridized carbons (Fsp3) is 0.231. The fourth-order valence-electron chi connectivity index (χ4n) is 4.02. The average molecular weight is 487 g/mol. The van der Waals surface area contributed by atoms with Gasteiger partial charge in [0.15, 0.2) is 5.82 Å². The molecule has 0 radical (unpaired) electrons. The number of aromatic nitrogens is 3. The molecule has 4 aromatic rings. The maximum Gasteiger partial charge on any atom is 0.293 e. The van der Waals surface area contributed by atoms with E-state index in [2.05, 4.69) is 20.3 Å². The lowest BCUT2D eigenvalue weighted by molar-refractivity contribution is -0.122. The topological polar surface area (TPSA) is 83.4 Å². The minimum atomic E-state index is -0.189. The highest BCUT2D eigenvalue weighted by Gasteiger charge is 2.27. The van der Waals surface area contributed by atoms with Crippen molar-refractivity contribution < 1.29 is 9.59 Å². The highest BCUT2D eigenvalue weighted by Crippen LogP contribution is 2.26. The molecule has 3 heterocycles. The van der Waals surface area contributed by atoms with Crippen molar-refractivity contribution in [3.8, 4) is 16.4 Å². The molecule has 2 aromatic heterocycles. The zero-order chi connectivity index (χ0) is 24.0. The van der Waals surface area contributed by atoms with Crippen molar-refractivity contribution in [3.05, 3.63) is 89.6 Å². The first-order valence-corrected chi connectivity index (χ1v) is 12.4. The van der Waals surface area contributed by atoms with Gasteiger partial charge in [0.2, 0.25) is 11.7 Å². The van der Waals surface area contributed by atoms with Crippen LogP contribution in [-0.2, 0) is 11.3 Å². The average Bonchev–Trinajstić information content (AvgIpc) is 3.59. The summed E-state index contributed by atoms with van der Waals surface area (Å²) in [4.78, 5) is 35.0. The van der Waals surface area contributed by atoms with Gasteiger partial charge in [-0.1, -0.05) is 54.6 Å². The Balaban J connectivity index is 1.21. The van der Waals surface area contributed by atoms with Gasteiger partial charge in [-0.2, -0.15) is 0 Å². The van der Waals surface area contributed by atoms with Crippen molar-refractivity contribution in [1.82, 2.24) is 29.9 Å². The third kappa shape index (κ3) is 5.47. The number of carbonyl (C=O) groups excluding carboxylic acids is 2. The monoisotopic (exact) mass is 486 g/mol. The van der Waals surface area contributed by atoms with Crippen LogP contribution in [0.1, 0.15) is 16.2 Å². The lowest BCUT2D eigenvalue weighted by atomic mass is 10.2. The summed E-state index contributed by atoms with van der Waals surface area (Å²) in [6.07, 6.45) is 0. The second-order valence-electron chi connectivity index (χ2n) is 8.31. The van der Waals surface area contributed by atoms with E-state index in [0.717, 1.165) is 16.1 Å². The first kappa shape index (κ1) is 22.9. The Bertz CT molecular complexity index is 1270. The van der Waals surface area contributed by atoms with E-state index >= 15 is 0 Å². The van der Waals surface area contributed by atoms with Crippen molar-refractivity contribution in [2.45, 2.75) is 6.54 Å². The number of piperazine rings is 1. The minimum Gasteiger partial charge on any atom is -0.351 e. The predicted molar refractivity (Wildman–Crippen MR) is 135 cm³/mol. The maximum absolute atomic E-state index is 13.2. The number of amides is 2. The normalized spacial score (nSPS) is 14.1. The number of benzene rings is 2. The number of hydrogen-bond acceptors (Lipinski definition) is 6. The highest BCUT2D eigenvalue weighted by atomic mass is 32.1. The molecule has 35 heavy (non-hydrogen) atoms. The quantitative estimate of drug-likeness (QED) is 0.434. The van der Waals surface area contributed by atoms with E-state index in [0.29, 0.717) is 45.1 Å². The van der Waals surface area contributed by atoms with Gasteiger partial charge in [0, 0.05) is 32.7 Å². The van der Waals surface area contributed by atoms with Gasteiger partial charge < -0.3 is 10.2 Å². The number of thiophene rings is 1. The van der Waals surface area contributed by atoms with Crippen LogP contribution in [0.4, 0.5) is 0 Å². The second-order valence-corrected chi connectivity index (χ2v) is 9.26. The van der Waals surface area contributed by atoms with Gasteiger partial charge in [0.1, 0.15) is 0 Å². The van der Waals surface area contributed by atoms with Crippen LogP contribution in [-0.4, -0.2) is 69.1 Å². The van der Waals surface area contributed by atoms with Crippen LogP contribution in [0.25, 0.3) is 16.4 Å². The summed E-state index contributed by atoms with van der Waals surface area (Å²) in [6.45, 7) is 3.14. The molecule has 2 amide bonds. The van der Waals surface area contributed by atoms with Gasteiger partial charge in [0.25, 0.3) is 5.91 Å². The van der Waals surface area contributed by atoms with Crippen LogP contribution in [0.5, 0.6) is 0 Å². The first-order chi connectivity index (χ1) is 17.2. The van der Waals surface area contributed by atoms with E-state index in [4.69, 9.17) is 0 Å². The van der Waals surface area contributed by atoms with Crippen LogP contribution in [0.2, 0.25) is 0 Å². The largest absolute Gasteiger partial charge is 0.351 e. The zero-order valence-electron chi connectivity index (χ0n) is 19.2. The molecule has 9 heteroatoms. The van der Waals surface area contributed by atoms with Crippen molar-refractivity contribution in [1.29, 1.82) is 0 Å². The molecule has 0 saturated carbocycles. The maximum atomic E-state index is 13.2. The lowest BCUT2D eigenvalue weighted by Gasteiger charge is -2.33. The molecule has 1 aliphatic heterocycles. The number of hydrogen-bond donors (Lipinski definition) is 1. The van der Waals surface area contributed by atoms with E-state index in [1.54, 1.807) is 20.9 Å². The Hall–Kier alpha value is -3.82. The van der Waals surface area contributed by atoms with E-state index in [9.17, 15) is 9.59 Å². The molecule has 8 nitrogen and oxygen atoms in total. The van der Waals surface area contributed by atoms with Crippen LogP contribution in [0.3, 0.4) is 0 Å². The minimum absolute atomic E-state index is 0.0162. The molecule has 0 bridgehead atoms. The first-order valence-electron chi connectivity index (χ1n) is 11.6. The number of para-hydroxylation sites is 1. The summed E-state index contributed by atoms with van der Waals surface area (Å²) < 4.78 is 1.73. The molecule has 1 aliphatic rings. The number of carbonyl (C=O) groups is 2. The summed E-state index contributed by atoms with van der Waals surface area (Å²) in [6, 6.07) is 23.5. The Kier molecular flexibility index (Phi) is 6.97. The smallest absolute Gasteiger partial charge is 0.293 e. The van der Waals surface area contributed by atoms with Crippen LogP contribution in [0.15, 0.2) is 78.2 Å². The highest BCUT2D eigenvalue weighted by molar-refractivity contribution is 7.13. The van der Waals surface area contributed by atoms with Crippen molar-refractivity contribution >= 4 is 23.2 Å². The molecule has 0 atom stereocenters. The molecular formula is C26H26N6O2S. The SMILES string of the molecule is O=C(CN1CCN(C(=O)c2nc(-c3cccs3)n(-c3ccccc3)n2)CC1)NCc1ccccc1. The Morgan fingerprint density at radius 3 is 2.29 bits per heavy atom. The molecule has 0 spiro atoms. The van der Waals surface area contributed by atoms with Gasteiger partial charge in [-0.15, -0.1) is 16.4 Å². The van der Waals surface area contributed by atoms with Gasteiger partial charge in [-0.25, -0.2) is 9.67 Å². The molecule has 1 saturated heterocycles. The molecule has 1 fully saturated rings. The van der Waals surface area contributed by atoms with Gasteiger partial charge in [0.05, 0.1) is 17.1 Å². The van der Waals surface area contributed by atoms with Crippen molar-refractivity contribution in [3.63, 3.8) is 0 Å². The Morgan fingerprint density at radius 2 is 1.60 bits per heavy atom. The molecule has 5 rings (SSSR count). The Morgan fingerprint density at radius 1 is 0.886 bits per heavy atom. The van der Waals surface area contributed by atoms with Crippen LogP contribution >= 0.6 is 11.3 Å². The molecule has 2 aromatic carbocycles. The molecule has 1 N–H and O–H groups in total. The summed E-state index contributed by atoms with van der Waals surface area (Å²) in [7, 11) is 0. The molecule has 0 unspecified atom stereocenters. The van der Waals surface area contributed by atoms with E-state index in [1.165, 1.54) is 0 Å². The van der Waals surface area contributed by atoms with Crippen molar-refractivity contribution in [2.24, 2.45) is 0 Å². The standard InChI is InChI=1S/C26H26N6O2S/c33-23(27-18-20-8-3-1-4-9-20)19-30-13-15-31(16-14-30)26(34)24-28-25(22-12-7-17-35-22)32(29-24)21-10-5-2-6-11-21/h1-12,17H,13-16,18-19H2,(H,27,33). The molecule has 0 aliphatic carbocycles. The summed E-state index contributed by atoms with van der Waals surface area (Å²) in [5.74, 6) is 0.637. The third-order valence-electron chi connectivity index (χ3n) is 5.90. The van der Waals surface area contributed by atoms with Gasteiger partial charge >= 0.3 is 0 Å². The van der Waals surface area contributed by atoms with Gasteiger partial charge in [-0.3, -0.25) is 14.5 Å². The van der Waals surface area contributed by atoms with Crippen LogP contribution < -0.4 is 5.32 Å². The van der Waals surface area contributed by atoms with E-state index < -0.39 is 0 Å². The number of nitrogens with zero attached hydrogens (tertiary/aromatic N) is 5. The third-order valence-corrected chi connectivity index (χ3v) is 6.77. The van der Waals surface area contributed by atoms with Crippen molar-refractivity contribution in [2.75, 3.05) is 32.7 Å². The van der Waals surface area contributed by atoms with E-state index in [-0.39, 0.29) is 17.6 Å². The Labute approximate surface area is 207 Å². The molecular weight excluding hydrogens is 460 g/mol. The number of nitrogens with one attached hydrogen (secondary N) is 1. The van der Waals surface area contributed by atoms with Gasteiger partial charge in [-0.05, 0) is 29.1 Å². The summed E-state index contributed by atoms with van der Waals surface area (Å²) >= 11 is 1.56. The lowest BCUT2D eigenvalue weighted by Crippen LogP contribution is -2.51. The number of rotatable bonds is 7. The van der Waals surface area contributed by atoms with E-state index in [1.807, 2.05) is 78.2 Å². The molecule has 178 valence electrons. The second kappa shape index (κ2) is 10.6.